The summed E-state index contributed by atoms with van der Waals surface area (Å²) in [4.78, 5) is 25.7. The van der Waals surface area contributed by atoms with Gasteiger partial charge in [-0.2, -0.15) is 0 Å². The van der Waals surface area contributed by atoms with E-state index in [1.807, 2.05) is 24.3 Å². The molecule has 0 fully saturated rings. The first kappa shape index (κ1) is 17.6. The van der Waals surface area contributed by atoms with Crippen molar-refractivity contribution in [2.45, 2.75) is 0 Å². The minimum absolute atomic E-state index is 0.158. The van der Waals surface area contributed by atoms with Crippen LogP contribution in [0.1, 0.15) is 15.2 Å². The van der Waals surface area contributed by atoms with E-state index in [-0.39, 0.29) is 11.8 Å². The highest BCUT2D eigenvalue weighted by atomic mass is 32.1. The molecule has 0 atom stereocenters. The molecule has 1 heterocycles. The van der Waals surface area contributed by atoms with Gasteiger partial charge in [-0.25, -0.2) is 0 Å². The topological polar surface area (TPSA) is 58.2 Å². The van der Waals surface area contributed by atoms with E-state index >= 15 is 0 Å². The van der Waals surface area contributed by atoms with Crippen LogP contribution in [0.3, 0.4) is 0 Å². The predicted octanol–water partition coefficient (Wildman–Crippen LogP) is 4.43. The van der Waals surface area contributed by atoms with Crippen LogP contribution in [0.25, 0.3) is 16.5 Å². The summed E-state index contributed by atoms with van der Waals surface area (Å²) in [6.45, 7) is 0. The molecule has 26 heavy (non-hydrogen) atoms. The average molecular weight is 362 g/mol. The van der Waals surface area contributed by atoms with Crippen molar-refractivity contribution in [3.8, 4) is 10.4 Å². The van der Waals surface area contributed by atoms with Gasteiger partial charge in [-0.15, -0.1) is 11.3 Å². The van der Waals surface area contributed by atoms with E-state index < -0.39 is 0 Å². The number of carbonyl (C=O) groups excluding carboxylic acids is 2. The van der Waals surface area contributed by atoms with E-state index in [1.165, 1.54) is 6.08 Å². The molecule has 0 saturated carbocycles. The van der Waals surface area contributed by atoms with Crippen LogP contribution in [0.5, 0.6) is 0 Å². The van der Waals surface area contributed by atoms with E-state index in [1.54, 1.807) is 48.7 Å². The van der Waals surface area contributed by atoms with Crippen molar-refractivity contribution in [1.82, 2.24) is 5.32 Å². The van der Waals surface area contributed by atoms with Gasteiger partial charge in [0, 0.05) is 34.1 Å². The van der Waals surface area contributed by atoms with Gasteiger partial charge < -0.3 is 10.6 Å². The second kappa shape index (κ2) is 8.27. The summed E-state index contributed by atoms with van der Waals surface area (Å²) in [6, 6.07) is 20.9. The smallest absolute Gasteiger partial charge is 0.251 e. The Morgan fingerprint density at radius 3 is 2.35 bits per heavy atom. The third-order valence-corrected chi connectivity index (χ3v) is 4.83. The van der Waals surface area contributed by atoms with E-state index in [4.69, 9.17) is 0 Å². The quantitative estimate of drug-likeness (QED) is 0.660. The van der Waals surface area contributed by atoms with E-state index in [0.29, 0.717) is 11.3 Å². The molecule has 2 amide bonds. The summed E-state index contributed by atoms with van der Waals surface area (Å²) in [6.07, 6.45) is 3.30. The van der Waals surface area contributed by atoms with Crippen LogP contribution in [-0.4, -0.2) is 18.9 Å². The number of amides is 2. The van der Waals surface area contributed by atoms with Gasteiger partial charge in [0.25, 0.3) is 5.91 Å². The molecule has 0 aliphatic heterocycles. The minimum Gasteiger partial charge on any atom is -0.355 e. The second-order valence-electron chi connectivity index (χ2n) is 5.55. The van der Waals surface area contributed by atoms with Gasteiger partial charge in [0.05, 0.1) is 0 Å². The van der Waals surface area contributed by atoms with Crippen LogP contribution in [0.2, 0.25) is 0 Å². The fraction of sp³-hybridized carbons (Fsp3) is 0.0476. The van der Waals surface area contributed by atoms with Crippen LogP contribution in [0.15, 0.2) is 72.8 Å². The average Bonchev–Trinajstić information content (AvgIpc) is 3.16. The van der Waals surface area contributed by atoms with E-state index in [9.17, 15) is 9.59 Å². The minimum atomic E-state index is -0.215. The van der Waals surface area contributed by atoms with Crippen molar-refractivity contribution in [2.75, 3.05) is 12.4 Å². The molecule has 4 nitrogen and oxygen atoms in total. The molecule has 3 rings (SSSR count). The Kier molecular flexibility index (Phi) is 5.61. The Balaban J connectivity index is 1.61. The van der Waals surface area contributed by atoms with Crippen LogP contribution in [0.4, 0.5) is 5.69 Å². The van der Waals surface area contributed by atoms with E-state index in [0.717, 1.165) is 15.3 Å². The first-order chi connectivity index (χ1) is 12.7. The van der Waals surface area contributed by atoms with Crippen molar-refractivity contribution >= 4 is 34.9 Å². The zero-order valence-corrected chi connectivity index (χ0v) is 15.0. The fourth-order valence-electron chi connectivity index (χ4n) is 2.39. The predicted molar refractivity (Wildman–Crippen MR) is 107 cm³/mol. The fourth-order valence-corrected chi connectivity index (χ4v) is 3.31. The molecular weight excluding hydrogens is 344 g/mol. The molecule has 0 spiro atoms. The number of nitrogens with one attached hydrogen (secondary N) is 2. The molecular formula is C21H18N2O2S. The first-order valence-electron chi connectivity index (χ1n) is 8.12. The van der Waals surface area contributed by atoms with Crippen molar-refractivity contribution in [3.63, 3.8) is 0 Å². The molecule has 0 aliphatic carbocycles. The first-order valence-corrected chi connectivity index (χ1v) is 8.94. The lowest BCUT2D eigenvalue weighted by Gasteiger charge is -2.03. The number of anilines is 1. The monoisotopic (exact) mass is 362 g/mol. The van der Waals surface area contributed by atoms with Crippen molar-refractivity contribution in [3.05, 3.63) is 83.2 Å². The number of thiophene rings is 1. The molecule has 0 unspecified atom stereocenters. The maximum atomic E-state index is 12.1. The normalized spacial score (nSPS) is 10.7. The summed E-state index contributed by atoms with van der Waals surface area (Å²) in [5.74, 6) is -0.373. The van der Waals surface area contributed by atoms with Gasteiger partial charge in [0.1, 0.15) is 0 Å². The van der Waals surface area contributed by atoms with Gasteiger partial charge in [-0.3, -0.25) is 9.59 Å². The maximum absolute atomic E-state index is 12.1. The third kappa shape index (κ3) is 4.46. The summed E-state index contributed by atoms with van der Waals surface area (Å²) in [5.41, 5.74) is 2.36. The number of hydrogen-bond acceptors (Lipinski definition) is 3. The Hall–Kier alpha value is -3.18. The Labute approximate surface area is 156 Å². The van der Waals surface area contributed by atoms with Crippen molar-refractivity contribution < 1.29 is 9.59 Å². The second-order valence-corrected chi connectivity index (χ2v) is 6.66. The molecule has 0 aliphatic rings. The molecule has 1 aromatic heterocycles. The van der Waals surface area contributed by atoms with Crippen LogP contribution >= 0.6 is 11.3 Å². The number of benzene rings is 2. The van der Waals surface area contributed by atoms with E-state index in [2.05, 4.69) is 28.8 Å². The van der Waals surface area contributed by atoms with Gasteiger partial charge in [0.2, 0.25) is 5.91 Å². The lowest BCUT2D eigenvalue weighted by Crippen LogP contribution is -2.17. The Morgan fingerprint density at radius 1 is 0.923 bits per heavy atom. The van der Waals surface area contributed by atoms with Gasteiger partial charge in [0.15, 0.2) is 0 Å². The van der Waals surface area contributed by atoms with Crippen LogP contribution in [-0.2, 0) is 4.79 Å². The number of hydrogen-bond donors (Lipinski definition) is 2. The summed E-state index contributed by atoms with van der Waals surface area (Å²) < 4.78 is 0. The van der Waals surface area contributed by atoms with Crippen LogP contribution in [0, 0.1) is 0 Å². The molecule has 130 valence electrons. The zero-order valence-electron chi connectivity index (χ0n) is 14.2. The number of carbonyl (C=O) groups is 2. The molecule has 0 saturated heterocycles. The molecule has 0 bridgehead atoms. The van der Waals surface area contributed by atoms with Crippen molar-refractivity contribution in [1.29, 1.82) is 0 Å². The summed E-state index contributed by atoms with van der Waals surface area (Å²) >= 11 is 1.63. The molecule has 5 heteroatoms. The Bertz CT molecular complexity index is 928. The highest BCUT2D eigenvalue weighted by Crippen LogP contribution is 2.28. The van der Waals surface area contributed by atoms with Crippen molar-refractivity contribution in [2.24, 2.45) is 0 Å². The van der Waals surface area contributed by atoms with Gasteiger partial charge in [-0.05, 0) is 48.0 Å². The molecule has 3 aromatic rings. The third-order valence-electron chi connectivity index (χ3n) is 3.73. The standard InChI is InChI=1S/C21H18N2O2S/c1-22-21(25)16-7-9-17(10-8-16)23-20(24)14-12-18-11-13-19(26-18)15-5-3-2-4-6-15/h2-14H,1H3,(H,22,25)(H,23,24)/b14-12+. The highest BCUT2D eigenvalue weighted by molar-refractivity contribution is 7.16. The maximum Gasteiger partial charge on any atom is 0.251 e. The van der Waals surface area contributed by atoms with Gasteiger partial charge in [-0.1, -0.05) is 30.3 Å². The van der Waals surface area contributed by atoms with Crippen LogP contribution < -0.4 is 10.6 Å². The molecule has 2 aromatic carbocycles. The summed E-state index contributed by atoms with van der Waals surface area (Å²) in [7, 11) is 1.58. The number of rotatable bonds is 5. The molecule has 2 N–H and O–H groups in total. The lowest BCUT2D eigenvalue weighted by molar-refractivity contribution is -0.111. The lowest BCUT2D eigenvalue weighted by atomic mass is 10.2. The summed E-state index contributed by atoms with van der Waals surface area (Å²) in [5, 5.41) is 5.34. The molecule has 0 radical (unpaired) electrons. The highest BCUT2D eigenvalue weighted by Gasteiger charge is 2.04. The zero-order chi connectivity index (χ0) is 18.4. The SMILES string of the molecule is CNC(=O)c1ccc(NC(=O)/C=C/c2ccc(-c3ccccc3)s2)cc1. The Morgan fingerprint density at radius 2 is 1.65 bits per heavy atom. The largest absolute Gasteiger partial charge is 0.355 e. The van der Waals surface area contributed by atoms with Gasteiger partial charge >= 0.3 is 0 Å².